The van der Waals surface area contributed by atoms with Crippen molar-refractivity contribution in [3.8, 4) is 5.75 Å². The Hall–Kier alpha value is -1.55. The lowest BCUT2D eigenvalue weighted by atomic mass is 10.1. The third-order valence-corrected chi connectivity index (χ3v) is 1.78. The minimum Gasteiger partial charge on any atom is -0.491 e. The van der Waals surface area contributed by atoms with Crippen molar-refractivity contribution in [1.82, 2.24) is 0 Å². The van der Waals surface area contributed by atoms with Crippen LogP contribution in [0.4, 0.5) is 0 Å². The first-order chi connectivity index (χ1) is 7.00. The molecule has 1 rings (SSSR count). The third kappa shape index (κ3) is 3.25. The molecule has 1 atom stereocenters. The Labute approximate surface area is 88.1 Å². The SMILES string of the molecule is CC(C)Oc1cccc([C@@H](O)C(=O)O)c1. The van der Waals surface area contributed by atoms with Crippen LogP contribution in [0.5, 0.6) is 5.75 Å². The van der Waals surface area contributed by atoms with E-state index in [0.717, 1.165) is 0 Å². The zero-order valence-electron chi connectivity index (χ0n) is 8.68. The van der Waals surface area contributed by atoms with Gasteiger partial charge in [0.05, 0.1) is 6.10 Å². The van der Waals surface area contributed by atoms with Crippen LogP contribution in [0, 0.1) is 0 Å². The Morgan fingerprint density at radius 1 is 1.40 bits per heavy atom. The zero-order chi connectivity index (χ0) is 11.4. The van der Waals surface area contributed by atoms with Gasteiger partial charge in [-0.05, 0) is 31.5 Å². The lowest BCUT2D eigenvalue weighted by molar-refractivity contribution is -0.146. The molecule has 0 aliphatic rings. The molecule has 4 nitrogen and oxygen atoms in total. The summed E-state index contributed by atoms with van der Waals surface area (Å²) < 4.78 is 5.38. The molecule has 0 fully saturated rings. The van der Waals surface area contributed by atoms with Crippen LogP contribution in [0.2, 0.25) is 0 Å². The fourth-order valence-corrected chi connectivity index (χ4v) is 1.17. The topological polar surface area (TPSA) is 66.8 Å². The third-order valence-electron chi connectivity index (χ3n) is 1.78. The molecule has 0 unspecified atom stereocenters. The first kappa shape index (κ1) is 11.5. The highest BCUT2D eigenvalue weighted by Gasteiger charge is 2.16. The van der Waals surface area contributed by atoms with Gasteiger partial charge in [0, 0.05) is 0 Å². The van der Waals surface area contributed by atoms with Crippen molar-refractivity contribution in [3.63, 3.8) is 0 Å². The number of rotatable bonds is 4. The van der Waals surface area contributed by atoms with E-state index in [4.69, 9.17) is 9.84 Å². The predicted octanol–water partition coefficient (Wildman–Crippen LogP) is 1.59. The molecule has 15 heavy (non-hydrogen) atoms. The van der Waals surface area contributed by atoms with Gasteiger partial charge in [0.2, 0.25) is 0 Å². The molecule has 0 amide bonds. The van der Waals surface area contributed by atoms with E-state index < -0.39 is 12.1 Å². The van der Waals surface area contributed by atoms with Crippen LogP contribution in [0.1, 0.15) is 25.5 Å². The van der Waals surface area contributed by atoms with Gasteiger partial charge in [-0.1, -0.05) is 12.1 Å². The summed E-state index contributed by atoms with van der Waals surface area (Å²) >= 11 is 0. The maximum atomic E-state index is 10.5. The molecule has 1 aromatic carbocycles. The van der Waals surface area contributed by atoms with Crippen LogP contribution in [0.25, 0.3) is 0 Å². The van der Waals surface area contributed by atoms with Gasteiger partial charge < -0.3 is 14.9 Å². The molecule has 4 heteroatoms. The first-order valence-electron chi connectivity index (χ1n) is 4.68. The number of aliphatic hydroxyl groups is 1. The van der Waals surface area contributed by atoms with E-state index >= 15 is 0 Å². The number of aliphatic hydroxyl groups excluding tert-OH is 1. The second-order valence-corrected chi connectivity index (χ2v) is 3.48. The van der Waals surface area contributed by atoms with E-state index in [0.29, 0.717) is 11.3 Å². The van der Waals surface area contributed by atoms with Crippen molar-refractivity contribution in [2.24, 2.45) is 0 Å². The van der Waals surface area contributed by atoms with Crippen LogP contribution in [-0.2, 0) is 4.79 Å². The molecule has 0 aliphatic carbocycles. The minimum absolute atomic E-state index is 0.0159. The zero-order valence-corrected chi connectivity index (χ0v) is 8.68. The Bertz CT molecular complexity index is 346. The summed E-state index contributed by atoms with van der Waals surface area (Å²) in [5.74, 6) is -0.709. The van der Waals surface area contributed by atoms with Gasteiger partial charge in [-0.15, -0.1) is 0 Å². The average Bonchev–Trinajstić information content (AvgIpc) is 2.16. The molecule has 0 saturated carbocycles. The molecule has 0 spiro atoms. The summed E-state index contributed by atoms with van der Waals surface area (Å²) in [6.07, 6.45) is -1.48. The van der Waals surface area contributed by atoms with Gasteiger partial charge in [-0.3, -0.25) is 0 Å². The number of ether oxygens (including phenoxy) is 1. The lowest BCUT2D eigenvalue weighted by Crippen LogP contribution is -2.11. The second-order valence-electron chi connectivity index (χ2n) is 3.48. The standard InChI is InChI=1S/C11H14O4/c1-7(2)15-9-5-3-4-8(6-9)10(12)11(13)14/h3-7,10,12H,1-2H3,(H,13,14)/t10-/m1/s1. The van der Waals surface area contributed by atoms with Crippen molar-refractivity contribution < 1.29 is 19.7 Å². The van der Waals surface area contributed by atoms with Crippen molar-refractivity contribution in [2.75, 3.05) is 0 Å². The van der Waals surface area contributed by atoms with Crippen LogP contribution in [-0.4, -0.2) is 22.3 Å². The Balaban J connectivity index is 2.87. The maximum absolute atomic E-state index is 10.5. The smallest absolute Gasteiger partial charge is 0.337 e. The maximum Gasteiger partial charge on any atom is 0.337 e. The Kier molecular flexibility index (Phi) is 3.68. The first-order valence-corrected chi connectivity index (χ1v) is 4.68. The van der Waals surface area contributed by atoms with Gasteiger partial charge in [0.1, 0.15) is 5.75 Å². The summed E-state index contributed by atoms with van der Waals surface area (Å²) in [5, 5.41) is 17.9. The Morgan fingerprint density at radius 3 is 2.60 bits per heavy atom. The van der Waals surface area contributed by atoms with Crippen LogP contribution < -0.4 is 4.74 Å². The fraction of sp³-hybridized carbons (Fsp3) is 0.364. The number of carbonyl (C=O) groups is 1. The van der Waals surface area contributed by atoms with Crippen LogP contribution >= 0.6 is 0 Å². The number of hydrogen-bond acceptors (Lipinski definition) is 3. The molecule has 0 aliphatic heterocycles. The number of hydrogen-bond donors (Lipinski definition) is 2. The quantitative estimate of drug-likeness (QED) is 0.792. The van der Waals surface area contributed by atoms with Crippen molar-refractivity contribution >= 4 is 5.97 Å². The normalized spacial score (nSPS) is 12.5. The molecule has 0 radical (unpaired) electrons. The lowest BCUT2D eigenvalue weighted by Gasteiger charge is -2.12. The van der Waals surface area contributed by atoms with E-state index in [9.17, 15) is 9.90 Å². The van der Waals surface area contributed by atoms with Gasteiger partial charge in [0.15, 0.2) is 6.10 Å². The summed E-state index contributed by atoms with van der Waals surface area (Å²) in [5.41, 5.74) is 0.320. The highest BCUT2D eigenvalue weighted by Crippen LogP contribution is 2.20. The van der Waals surface area contributed by atoms with E-state index in [2.05, 4.69) is 0 Å². The molecule has 0 bridgehead atoms. The van der Waals surface area contributed by atoms with Crippen molar-refractivity contribution in [2.45, 2.75) is 26.1 Å². The molecule has 1 aromatic rings. The molecular weight excluding hydrogens is 196 g/mol. The number of carboxylic acids is 1. The molecule has 0 heterocycles. The van der Waals surface area contributed by atoms with Gasteiger partial charge >= 0.3 is 5.97 Å². The summed E-state index contributed by atoms with van der Waals surface area (Å²) in [6, 6.07) is 6.45. The largest absolute Gasteiger partial charge is 0.491 e. The molecular formula is C11H14O4. The fourth-order valence-electron chi connectivity index (χ4n) is 1.17. The minimum atomic E-state index is -1.50. The summed E-state index contributed by atoms with van der Waals surface area (Å²) in [6.45, 7) is 3.75. The number of benzene rings is 1. The van der Waals surface area contributed by atoms with Gasteiger partial charge in [-0.2, -0.15) is 0 Å². The second kappa shape index (κ2) is 4.79. The number of carboxylic acid groups (broad SMARTS) is 1. The number of aliphatic carboxylic acids is 1. The van der Waals surface area contributed by atoms with Crippen LogP contribution in [0.15, 0.2) is 24.3 Å². The highest BCUT2D eigenvalue weighted by atomic mass is 16.5. The van der Waals surface area contributed by atoms with Gasteiger partial charge in [0.25, 0.3) is 0 Å². The predicted molar refractivity (Wildman–Crippen MR) is 54.8 cm³/mol. The van der Waals surface area contributed by atoms with E-state index in [1.54, 1.807) is 18.2 Å². The molecule has 2 N–H and O–H groups in total. The molecule has 82 valence electrons. The van der Waals surface area contributed by atoms with E-state index in [1.807, 2.05) is 13.8 Å². The molecule has 0 aromatic heterocycles. The van der Waals surface area contributed by atoms with Crippen molar-refractivity contribution in [3.05, 3.63) is 29.8 Å². The average molecular weight is 210 g/mol. The van der Waals surface area contributed by atoms with E-state index in [-0.39, 0.29) is 6.10 Å². The summed E-state index contributed by atoms with van der Waals surface area (Å²) in [7, 11) is 0. The van der Waals surface area contributed by atoms with E-state index in [1.165, 1.54) is 6.07 Å². The van der Waals surface area contributed by atoms with Gasteiger partial charge in [-0.25, -0.2) is 4.79 Å². The highest BCUT2D eigenvalue weighted by molar-refractivity contribution is 5.74. The van der Waals surface area contributed by atoms with Crippen LogP contribution in [0.3, 0.4) is 0 Å². The molecule has 0 saturated heterocycles. The monoisotopic (exact) mass is 210 g/mol. The van der Waals surface area contributed by atoms with Crippen molar-refractivity contribution in [1.29, 1.82) is 0 Å². The summed E-state index contributed by atoms with van der Waals surface area (Å²) in [4.78, 5) is 10.5. The Morgan fingerprint density at radius 2 is 2.07 bits per heavy atom.